The van der Waals surface area contributed by atoms with Crippen molar-refractivity contribution in [3.05, 3.63) is 215 Å². The molecule has 320 valence electrons. The average molecular weight is 933 g/mol. The second-order valence-electron chi connectivity index (χ2n) is 20.9. The van der Waals surface area contributed by atoms with E-state index in [1.54, 1.807) is 4.34 Å². The molecule has 1 aliphatic carbocycles. The van der Waals surface area contributed by atoms with Gasteiger partial charge in [0.25, 0.3) is 0 Å². The van der Waals surface area contributed by atoms with Crippen molar-refractivity contribution in [1.82, 2.24) is 4.40 Å². The zero-order valence-electron chi connectivity index (χ0n) is 38.6. The number of benzene rings is 9. The van der Waals surface area contributed by atoms with Crippen molar-refractivity contribution in [2.75, 3.05) is 9.80 Å². The Morgan fingerprint density at radius 3 is 1.81 bits per heavy atom. The summed E-state index contributed by atoms with van der Waals surface area (Å²) < 4.78 is 5.64. The summed E-state index contributed by atoms with van der Waals surface area (Å²) in [5, 5.41) is 6.71. The molecule has 0 unspecified atom stereocenters. The molecular formula is C63H44BN3Se. The average Bonchev–Trinajstić information content (AvgIpc) is 4.09. The Morgan fingerprint density at radius 1 is 0.485 bits per heavy atom. The van der Waals surface area contributed by atoms with Gasteiger partial charge in [-0.2, -0.15) is 0 Å². The molecule has 12 aromatic rings. The van der Waals surface area contributed by atoms with Crippen LogP contribution in [0.4, 0.5) is 34.1 Å². The summed E-state index contributed by atoms with van der Waals surface area (Å²) in [5.74, 6) is 0. The van der Waals surface area contributed by atoms with Crippen LogP contribution in [-0.2, 0) is 10.8 Å². The summed E-state index contributed by atoms with van der Waals surface area (Å²) in [6.07, 6.45) is 0. The molecular weight excluding hydrogens is 888 g/mol. The van der Waals surface area contributed by atoms with Crippen molar-refractivity contribution in [3.8, 4) is 11.1 Å². The van der Waals surface area contributed by atoms with Crippen LogP contribution in [0.1, 0.15) is 59.7 Å². The van der Waals surface area contributed by atoms with Gasteiger partial charge < -0.3 is 0 Å². The van der Waals surface area contributed by atoms with Crippen LogP contribution in [0.25, 0.3) is 58.9 Å². The van der Waals surface area contributed by atoms with Crippen LogP contribution in [0.3, 0.4) is 0 Å². The third-order valence-electron chi connectivity index (χ3n) is 16.3. The number of anilines is 6. The van der Waals surface area contributed by atoms with Crippen LogP contribution < -0.4 is 25.1 Å². The van der Waals surface area contributed by atoms with Crippen LogP contribution in [0.15, 0.2) is 176 Å². The Balaban J connectivity index is 1.01. The minimum absolute atomic E-state index is 0.0589. The van der Waals surface area contributed by atoms with Gasteiger partial charge in [-0.25, -0.2) is 0 Å². The van der Waals surface area contributed by atoms with Gasteiger partial charge in [0.15, 0.2) is 0 Å². The molecule has 0 amide bonds. The summed E-state index contributed by atoms with van der Waals surface area (Å²) in [4.78, 5) is 5.32. The standard InChI is InChI=1S/C63H44BN3Se/c1-35-26-31-49-51(32-35)66(53-34-36(2)33-52-56(53)64(49)61-60(44-15-7-9-25-54(44)68-61)65(52)38-29-27-37(28-30-38)62(3,4)5)50-24-13-21-46-55(50)43-14-6-8-20-45(43)63(46)47-22-11-18-41-39-16-10-17-40-42-19-12-23-48(63)59(42)67(57(39)40)58(41)47/h6-34H,1-5H3. The number of para-hydroxylation sites is 3. The summed E-state index contributed by atoms with van der Waals surface area (Å²) in [7, 11) is 0. The molecule has 5 heteroatoms. The number of nitrogens with zero attached hydrogens (tertiary/aromatic N) is 3. The van der Waals surface area contributed by atoms with E-state index in [1.807, 2.05) is 0 Å². The molecule has 0 radical (unpaired) electrons. The fourth-order valence-electron chi connectivity index (χ4n) is 13.7. The van der Waals surface area contributed by atoms with Crippen molar-refractivity contribution in [2.24, 2.45) is 0 Å². The van der Waals surface area contributed by atoms with Gasteiger partial charge in [-0.05, 0) is 0 Å². The Bertz CT molecular complexity index is 4150. The van der Waals surface area contributed by atoms with Gasteiger partial charge >= 0.3 is 357 Å². The Morgan fingerprint density at radius 2 is 1.07 bits per heavy atom. The van der Waals surface area contributed by atoms with Crippen LogP contribution >= 0.6 is 0 Å². The fraction of sp³-hybridized carbons (Fsp3) is 0.111. The first-order valence-electron chi connectivity index (χ1n) is 24.1. The normalized spacial score (nSPS) is 14.9. The monoisotopic (exact) mass is 933 g/mol. The van der Waals surface area contributed by atoms with E-state index in [9.17, 15) is 0 Å². The predicted octanol–water partition coefficient (Wildman–Crippen LogP) is 13.7. The van der Waals surface area contributed by atoms with Crippen LogP contribution in [0.5, 0.6) is 0 Å². The molecule has 0 saturated heterocycles. The molecule has 3 nitrogen and oxygen atoms in total. The van der Waals surface area contributed by atoms with Crippen molar-refractivity contribution in [2.45, 2.75) is 45.4 Å². The molecule has 4 aliphatic rings. The fourth-order valence-corrected chi connectivity index (χ4v) is 16.5. The number of hydrogen-bond donors (Lipinski definition) is 0. The first-order chi connectivity index (χ1) is 33.2. The molecule has 3 aliphatic heterocycles. The Labute approximate surface area is 401 Å². The molecule has 16 rings (SSSR count). The van der Waals surface area contributed by atoms with Crippen molar-refractivity contribution >= 4 is 118 Å². The molecule has 0 saturated carbocycles. The summed E-state index contributed by atoms with van der Waals surface area (Å²) >= 11 is 0.143. The van der Waals surface area contributed by atoms with Crippen LogP contribution in [-0.4, -0.2) is 25.6 Å². The van der Waals surface area contributed by atoms with Gasteiger partial charge in [0.1, 0.15) is 0 Å². The van der Waals surface area contributed by atoms with E-state index in [2.05, 4.69) is 225 Å². The van der Waals surface area contributed by atoms with Gasteiger partial charge in [-0.3, -0.25) is 0 Å². The number of aromatic nitrogens is 1. The van der Waals surface area contributed by atoms with Gasteiger partial charge in [0, 0.05) is 10.8 Å². The second kappa shape index (κ2) is 12.6. The Kier molecular flexibility index (Phi) is 7.01. The molecule has 1 spiro atoms. The van der Waals surface area contributed by atoms with E-state index in [0.29, 0.717) is 0 Å². The first kappa shape index (κ1) is 37.8. The summed E-state index contributed by atoms with van der Waals surface area (Å²) in [6, 6.07) is 68.7. The first-order valence-corrected chi connectivity index (χ1v) is 25.8. The van der Waals surface area contributed by atoms with Crippen molar-refractivity contribution < 1.29 is 0 Å². The van der Waals surface area contributed by atoms with Crippen LogP contribution in [0.2, 0.25) is 0 Å². The van der Waals surface area contributed by atoms with Gasteiger partial charge in [-0.1, -0.05) is 30.3 Å². The number of rotatable bonds is 2. The Hall–Kier alpha value is -7.30. The maximum absolute atomic E-state index is 2.68. The second-order valence-corrected chi connectivity index (χ2v) is 23.2. The van der Waals surface area contributed by atoms with Gasteiger partial charge in [-0.15, -0.1) is 0 Å². The van der Waals surface area contributed by atoms with Gasteiger partial charge in [0.05, 0.1) is 5.52 Å². The van der Waals surface area contributed by atoms with Gasteiger partial charge in [0.2, 0.25) is 0 Å². The zero-order chi connectivity index (χ0) is 45.1. The van der Waals surface area contributed by atoms with Crippen molar-refractivity contribution in [3.63, 3.8) is 0 Å². The zero-order valence-corrected chi connectivity index (χ0v) is 40.3. The SMILES string of the molecule is Cc1ccc2c(c1)N(c1cccc3c1-c1ccccc1C31c3cccc4c5cccc6c7cccc1c7n(c34)c56)c1cc(C)cc3c1B2c1[se]c2ccccc2c1N3c1ccc(C(C)(C)C)cc1. The van der Waals surface area contributed by atoms with Crippen LogP contribution in [0, 0.1) is 13.8 Å². The van der Waals surface area contributed by atoms with E-state index < -0.39 is 5.41 Å². The topological polar surface area (TPSA) is 10.9 Å². The quantitative estimate of drug-likeness (QED) is 0.160. The minimum atomic E-state index is -0.526. The van der Waals surface area contributed by atoms with E-state index in [-0.39, 0.29) is 26.6 Å². The van der Waals surface area contributed by atoms with Crippen molar-refractivity contribution in [1.29, 1.82) is 0 Å². The van der Waals surface area contributed by atoms with E-state index in [0.717, 1.165) is 0 Å². The predicted molar refractivity (Wildman–Crippen MR) is 289 cm³/mol. The third kappa shape index (κ3) is 4.36. The molecule has 0 N–H and O–H groups in total. The maximum atomic E-state index is 2.68. The number of fused-ring (bicyclic) bond motifs is 15. The summed E-state index contributed by atoms with van der Waals surface area (Å²) in [5.41, 5.74) is 26.0. The number of aryl methyl sites for hydroxylation is 2. The van der Waals surface area contributed by atoms with E-state index in [1.165, 1.54) is 143 Å². The molecule has 3 aromatic heterocycles. The molecule has 0 bridgehead atoms. The third-order valence-corrected chi connectivity index (χ3v) is 18.9. The molecule has 0 atom stereocenters. The van der Waals surface area contributed by atoms with E-state index in [4.69, 9.17) is 0 Å². The number of hydrogen-bond acceptors (Lipinski definition) is 2. The molecule has 9 aromatic carbocycles. The molecule has 6 heterocycles. The summed E-state index contributed by atoms with van der Waals surface area (Å²) in [6.45, 7) is 11.6. The van der Waals surface area contributed by atoms with E-state index >= 15 is 0 Å². The molecule has 0 fully saturated rings. The molecule has 68 heavy (non-hydrogen) atoms.